The van der Waals surface area contributed by atoms with Crippen LogP contribution in [-0.4, -0.2) is 42.5 Å². The summed E-state index contributed by atoms with van der Waals surface area (Å²) in [6.45, 7) is 8.28. The van der Waals surface area contributed by atoms with Gasteiger partial charge in [-0.05, 0) is 0 Å². The summed E-state index contributed by atoms with van der Waals surface area (Å²) in [6.07, 6.45) is 1.98. The molecule has 0 saturated heterocycles. The predicted molar refractivity (Wildman–Crippen MR) is 43.0 cm³/mol. The van der Waals surface area contributed by atoms with Crippen LogP contribution in [0.3, 0.4) is 0 Å². The van der Waals surface area contributed by atoms with Crippen LogP contribution in [0, 0.1) is 0 Å². The van der Waals surface area contributed by atoms with Crippen LogP contribution in [0.5, 0.6) is 0 Å². The van der Waals surface area contributed by atoms with E-state index >= 15 is 0 Å². The highest BCUT2D eigenvalue weighted by Crippen LogP contribution is 1.99. The zero-order valence-electron chi connectivity index (χ0n) is 6.75. The van der Waals surface area contributed by atoms with E-state index in [4.69, 9.17) is 0 Å². The van der Waals surface area contributed by atoms with E-state index < -0.39 is 0 Å². The van der Waals surface area contributed by atoms with Gasteiger partial charge >= 0.3 is 0 Å². The van der Waals surface area contributed by atoms with E-state index in [2.05, 4.69) is 28.9 Å². The molecule has 0 fully saturated rings. The first-order valence-electron chi connectivity index (χ1n) is 3.86. The molecular weight excluding hydrogens is 126 g/mol. The smallest absolute Gasteiger partial charge is 0.104 e. The number of nitrogens with zero attached hydrogens (tertiary/aromatic N) is 3. The molecule has 1 aliphatic heterocycles. The summed E-state index contributed by atoms with van der Waals surface area (Å²) < 4.78 is 0. The summed E-state index contributed by atoms with van der Waals surface area (Å²) in [7, 11) is 0. The van der Waals surface area contributed by atoms with Gasteiger partial charge in [0.05, 0.1) is 0 Å². The molecule has 0 aliphatic carbocycles. The van der Waals surface area contributed by atoms with E-state index in [-0.39, 0.29) is 0 Å². The van der Waals surface area contributed by atoms with Gasteiger partial charge in [-0.1, -0.05) is 13.8 Å². The van der Waals surface area contributed by atoms with Crippen molar-refractivity contribution in [1.29, 1.82) is 0 Å². The maximum absolute atomic E-state index is 4.19. The zero-order valence-corrected chi connectivity index (χ0v) is 6.75. The van der Waals surface area contributed by atoms with Crippen LogP contribution in [0.25, 0.3) is 0 Å². The summed E-state index contributed by atoms with van der Waals surface area (Å²) in [5.74, 6) is 0. The summed E-state index contributed by atoms with van der Waals surface area (Å²) >= 11 is 0. The Labute approximate surface area is 62.3 Å². The average molecular weight is 141 g/mol. The molecule has 0 unspecified atom stereocenters. The van der Waals surface area contributed by atoms with Crippen molar-refractivity contribution in [2.75, 3.05) is 26.3 Å². The van der Waals surface area contributed by atoms with E-state index in [1.54, 1.807) is 0 Å². The molecule has 0 saturated carbocycles. The molecule has 0 amide bonds. The molecule has 1 aliphatic rings. The van der Waals surface area contributed by atoms with E-state index in [1.807, 2.05) is 6.21 Å². The number of hydrogen-bond acceptors (Lipinski definition) is 3. The third kappa shape index (κ3) is 1.55. The second-order valence-electron chi connectivity index (χ2n) is 2.33. The molecule has 0 aromatic heterocycles. The second kappa shape index (κ2) is 3.68. The minimum absolute atomic E-state index is 0.838. The van der Waals surface area contributed by atoms with Gasteiger partial charge in [0.25, 0.3) is 0 Å². The molecule has 0 radical (unpaired) electrons. The van der Waals surface area contributed by atoms with Crippen molar-refractivity contribution in [2.45, 2.75) is 13.8 Å². The van der Waals surface area contributed by atoms with Gasteiger partial charge < -0.3 is 0 Å². The van der Waals surface area contributed by atoms with Crippen molar-refractivity contribution < 1.29 is 0 Å². The molecule has 3 nitrogen and oxygen atoms in total. The van der Waals surface area contributed by atoms with Crippen molar-refractivity contribution >= 4 is 6.21 Å². The first-order valence-corrected chi connectivity index (χ1v) is 3.86. The molecule has 0 atom stereocenters. The summed E-state index contributed by atoms with van der Waals surface area (Å²) in [6, 6.07) is 0. The fourth-order valence-electron chi connectivity index (χ4n) is 1.14. The van der Waals surface area contributed by atoms with Gasteiger partial charge in [-0.3, -0.25) is 4.99 Å². The molecule has 10 heavy (non-hydrogen) atoms. The number of aliphatic imine (C=N–C) groups is 1. The van der Waals surface area contributed by atoms with Gasteiger partial charge in [-0.2, -0.15) is 0 Å². The lowest BCUT2D eigenvalue weighted by molar-refractivity contribution is -0.00473. The van der Waals surface area contributed by atoms with Gasteiger partial charge in [0.1, 0.15) is 6.67 Å². The fourth-order valence-corrected chi connectivity index (χ4v) is 1.14. The van der Waals surface area contributed by atoms with Crippen molar-refractivity contribution in [3.05, 3.63) is 0 Å². The molecule has 0 bridgehead atoms. The van der Waals surface area contributed by atoms with Crippen molar-refractivity contribution in [2.24, 2.45) is 4.99 Å². The minimum atomic E-state index is 0.838. The van der Waals surface area contributed by atoms with Crippen LogP contribution < -0.4 is 0 Å². The van der Waals surface area contributed by atoms with Crippen LogP contribution in [0.2, 0.25) is 0 Å². The van der Waals surface area contributed by atoms with Gasteiger partial charge in [-0.15, -0.1) is 0 Å². The molecule has 58 valence electrons. The number of rotatable bonds is 2. The van der Waals surface area contributed by atoms with Crippen LogP contribution >= 0.6 is 0 Å². The Balaban J connectivity index is 2.45. The van der Waals surface area contributed by atoms with Crippen LogP contribution in [-0.2, 0) is 0 Å². The second-order valence-corrected chi connectivity index (χ2v) is 2.33. The normalized spacial score (nSPS) is 21.8. The molecule has 0 spiro atoms. The van der Waals surface area contributed by atoms with Gasteiger partial charge in [0.2, 0.25) is 0 Å². The van der Waals surface area contributed by atoms with Crippen molar-refractivity contribution in [3.63, 3.8) is 0 Å². The highest BCUT2D eigenvalue weighted by molar-refractivity contribution is 5.60. The minimum Gasteiger partial charge on any atom is -0.279 e. The van der Waals surface area contributed by atoms with Crippen LogP contribution in [0.1, 0.15) is 13.8 Å². The lowest BCUT2D eigenvalue weighted by Gasteiger charge is -2.33. The van der Waals surface area contributed by atoms with Crippen molar-refractivity contribution in [3.8, 4) is 0 Å². The Morgan fingerprint density at radius 2 is 2.00 bits per heavy atom. The van der Waals surface area contributed by atoms with E-state index in [1.165, 1.54) is 0 Å². The van der Waals surface area contributed by atoms with Gasteiger partial charge in [0, 0.05) is 25.8 Å². The Morgan fingerprint density at radius 3 is 2.50 bits per heavy atom. The van der Waals surface area contributed by atoms with Crippen LogP contribution in [0.15, 0.2) is 4.99 Å². The predicted octanol–water partition coefficient (Wildman–Crippen LogP) is 0.587. The number of hydrazine groups is 1. The monoisotopic (exact) mass is 141 g/mol. The lowest BCUT2D eigenvalue weighted by Crippen LogP contribution is -2.46. The summed E-state index contributed by atoms with van der Waals surface area (Å²) in [4.78, 5) is 4.19. The first-order chi connectivity index (χ1) is 4.88. The Morgan fingerprint density at radius 1 is 1.30 bits per heavy atom. The first kappa shape index (κ1) is 7.69. The third-order valence-electron chi connectivity index (χ3n) is 1.80. The molecule has 0 aromatic rings. The van der Waals surface area contributed by atoms with Crippen LogP contribution in [0.4, 0.5) is 0 Å². The molecule has 1 heterocycles. The van der Waals surface area contributed by atoms with Gasteiger partial charge in [0.15, 0.2) is 0 Å². The molecule has 0 N–H and O–H groups in total. The Kier molecular flexibility index (Phi) is 2.83. The molecular formula is C7H15N3. The summed E-state index contributed by atoms with van der Waals surface area (Å²) in [5, 5.41) is 4.55. The van der Waals surface area contributed by atoms with E-state index in [9.17, 15) is 0 Å². The largest absolute Gasteiger partial charge is 0.279 e. The average Bonchev–Trinajstić information content (AvgIpc) is 2.04. The highest BCUT2D eigenvalue weighted by Gasteiger charge is 2.11. The van der Waals surface area contributed by atoms with Crippen molar-refractivity contribution in [1.82, 2.24) is 10.0 Å². The lowest BCUT2D eigenvalue weighted by atomic mass is 10.5. The maximum Gasteiger partial charge on any atom is 0.104 e. The Bertz CT molecular complexity index is 108. The SMILES string of the molecule is CCN1CC=NCN1CC. The quantitative estimate of drug-likeness (QED) is 0.560. The van der Waals surface area contributed by atoms with E-state index in [0.29, 0.717) is 0 Å². The standard InChI is InChI=1S/C7H15N3/c1-3-9-6-5-8-7-10(9)4-2/h5H,3-4,6-7H2,1-2H3. The van der Waals surface area contributed by atoms with E-state index in [0.717, 1.165) is 26.3 Å². The topological polar surface area (TPSA) is 18.8 Å². The summed E-state index contributed by atoms with van der Waals surface area (Å²) in [5.41, 5.74) is 0. The van der Waals surface area contributed by atoms with Gasteiger partial charge in [-0.25, -0.2) is 10.0 Å². The molecule has 3 heteroatoms. The zero-order chi connectivity index (χ0) is 7.40. The Hall–Kier alpha value is -0.410. The molecule has 1 rings (SSSR count). The fraction of sp³-hybridized carbons (Fsp3) is 0.857. The number of hydrogen-bond donors (Lipinski definition) is 0. The highest BCUT2D eigenvalue weighted by atomic mass is 15.6. The third-order valence-corrected chi connectivity index (χ3v) is 1.80. The molecule has 0 aromatic carbocycles. The maximum atomic E-state index is 4.19.